The summed E-state index contributed by atoms with van der Waals surface area (Å²) >= 11 is 1.52. The molecule has 0 saturated carbocycles. The Bertz CT molecular complexity index is 779. The van der Waals surface area contributed by atoms with Crippen LogP contribution in [-0.4, -0.2) is 35.4 Å². The summed E-state index contributed by atoms with van der Waals surface area (Å²) in [5.74, 6) is 2.22. The molecule has 8 heteroatoms. The van der Waals surface area contributed by atoms with Crippen molar-refractivity contribution in [3.05, 3.63) is 47.5 Å². The minimum atomic E-state index is 0.649. The van der Waals surface area contributed by atoms with Crippen LogP contribution in [0.1, 0.15) is 37.0 Å². The lowest BCUT2D eigenvalue weighted by Gasteiger charge is -2.01. The van der Waals surface area contributed by atoms with Gasteiger partial charge in [-0.15, -0.1) is 10.2 Å². The number of nitrogens with zero attached hydrogens (tertiary/aromatic N) is 6. The van der Waals surface area contributed by atoms with Gasteiger partial charge in [0.2, 0.25) is 5.16 Å². The first-order valence-electron chi connectivity index (χ1n) is 7.88. The molecule has 24 heavy (non-hydrogen) atoms. The molecule has 0 fully saturated rings. The Kier molecular flexibility index (Phi) is 5.73. The fourth-order valence-electron chi connectivity index (χ4n) is 2.07. The highest BCUT2D eigenvalue weighted by molar-refractivity contribution is 7.98. The van der Waals surface area contributed by atoms with Gasteiger partial charge in [0.15, 0.2) is 5.82 Å². The van der Waals surface area contributed by atoms with Gasteiger partial charge in [-0.3, -0.25) is 5.10 Å². The van der Waals surface area contributed by atoms with Crippen molar-refractivity contribution < 1.29 is 0 Å². The number of aromatic nitrogens is 7. The lowest BCUT2D eigenvalue weighted by atomic mass is 10.2. The maximum Gasteiger partial charge on any atom is 0.209 e. The number of unbranched alkanes of at least 4 members (excludes halogenated alkanes) is 1. The number of thioether (sulfide) groups is 1. The van der Waals surface area contributed by atoms with Gasteiger partial charge in [0.1, 0.15) is 5.82 Å². The van der Waals surface area contributed by atoms with E-state index in [-0.39, 0.29) is 0 Å². The molecule has 3 rings (SSSR count). The van der Waals surface area contributed by atoms with Gasteiger partial charge in [-0.1, -0.05) is 61.5 Å². The van der Waals surface area contributed by atoms with Gasteiger partial charge >= 0.3 is 0 Å². The van der Waals surface area contributed by atoms with Crippen molar-refractivity contribution in [2.75, 3.05) is 0 Å². The van der Waals surface area contributed by atoms with E-state index in [1.54, 1.807) is 0 Å². The van der Waals surface area contributed by atoms with Crippen LogP contribution in [0.5, 0.6) is 0 Å². The number of aryl methyl sites for hydroxylation is 1. The molecule has 0 aliphatic rings. The Labute approximate surface area is 144 Å². The summed E-state index contributed by atoms with van der Waals surface area (Å²) in [7, 11) is 0. The number of hydrogen-bond acceptors (Lipinski definition) is 6. The Morgan fingerprint density at radius 3 is 2.92 bits per heavy atom. The molecular formula is C16H19N7S. The zero-order valence-corrected chi connectivity index (χ0v) is 14.3. The molecule has 0 spiro atoms. The normalized spacial score (nSPS) is 11.4. The maximum absolute atomic E-state index is 4.45. The Hall–Kier alpha value is -2.48. The van der Waals surface area contributed by atoms with Crippen molar-refractivity contribution in [3.63, 3.8) is 0 Å². The number of rotatable bonds is 8. The van der Waals surface area contributed by atoms with Crippen LogP contribution < -0.4 is 0 Å². The smallest absolute Gasteiger partial charge is 0.209 e. The second kappa shape index (κ2) is 8.39. The molecule has 0 saturated heterocycles. The first-order valence-corrected chi connectivity index (χ1v) is 8.87. The van der Waals surface area contributed by atoms with Gasteiger partial charge in [-0.25, -0.2) is 9.67 Å². The molecule has 0 bridgehead atoms. The highest BCUT2D eigenvalue weighted by Crippen LogP contribution is 2.18. The summed E-state index contributed by atoms with van der Waals surface area (Å²) in [5, 5.41) is 19.7. The van der Waals surface area contributed by atoms with Crippen molar-refractivity contribution in [2.24, 2.45) is 0 Å². The molecule has 0 atom stereocenters. The largest absolute Gasteiger partial charge is 0.259 e. The van der Waals surface area contributed by atoms with E-state index in [0.717, 1.165) is 36.6 Å². The molecule has 1 N–H and O–H groups in total. The number of nitrogens with one attached hydrogen (secondary N) is 1. The molecule has 1 aromatic carbocycles. The van der Waals surface area contributed by atoms with Crippen LogP contribution in [0.15, 0.2) is 35.5 Å². The van der Waals surface area contributed by atoms with Crippen LogP contribution in [0.4, 0.5) is 0 Å². The Morgan fingerprint density at radius 1 is 1.21 bits per heavy atom. The predicted octanol–water partition coefficient (Wildman–Crippen LogP) is 3.05. The van der Waals surface area contributed by atoms with Gasteiger partial charge in [0.05, 0.1) is 5.75 Å². The summed E-state index contributed by atoms with van der Waals surface area (Å²) in [5.41, 5.74) is 1.12. The van der Waals surface area contributed by atoms with Gasteiger partial charge in [0, 0.05) is 6.54 Å². The average molecular weight is 341 g/mol. The Balaban J connectivity index is 1.57. The van der Waals surface area contributed by atoms with E-state index in [1.165, 1.54) is 11.8 Å². The summed E-state index contributed by atoms with van der Waals surface area (Å²) < 4.78 is 1.85. The van der Waals surface area contributed by atoms with E-state index >= 15 is 0 Å². The van der Waals surface area contributed by atoms with Gasteiger partial charge in [0.25, 0.3) is 0 Å². The van der Waals surface area contributed by atoms with Crippen molar-refractivity contribution in [1.82, 2.24) is 35.4 Å². The molecule has 7 nitrogen and oxygen atoms in total. The zero-order valence-electron chi connectivity index (χ0n) is 13.5. The van der Waals surface area contributed by atoms with Gasteiger partial charge in [-0.05, 0) is 28.5 Å². The van der Waals surface area contributed by atoms with E-state index in [2.05, 4.69) is 37.6 Å². The molecule has 0 amide bonds. The highest BCUT2D eigenvalue weighted by Gasteiger charge is 2.08. The van der Waals surface area contributed by atoms with Gasteiger partial charge < -0.3 is 0 Å². The van der Waals surface area contributed by atoms with Crippen LogP contribution in [0.2, 0.25) is 0 Å². The topological polar surface area (TPSA) is 85.2 Å². The SMILES string of the molecule is CCCCn1nnnc1CSc1n[nH]c(/C=C/c2ccccc2)n1. The number of H-pyrrole nitrogens is 1. The van der Waals surface area contributed by atoms with Crippen LogP contribution in [0.3, 0.4) is 0 Å². The van der Waals surface area contributed by atoms with Crippen LogP contribution in [-0.2, 0) is 12.3 Å². The molecule has 0 radical (unpaired) electrons. The maximum atomic E-state index is 4.45. The van der Waals surface area contributed by atoms with E-state index in [4.69, 9.17) is 0 Å². The summed E-state index contributed by atoms with van der Waals surface area (Å²) in [4.78, 5) is 4.45. The fraction of sp³-hybridized carbons (Fsp3) is 0.312. The van der Waals surface area contributed by atoms with Crippen LogP contribution in [0, 0.1) is 0 Å². The van der Waals surface area contributed by atoms with Crippen LogP contribution >= 0.6 is 11.8 Å². The summed E-state index contributed by atoms with van der Waals surface area (Å²) in [6, 6.07) is 10.1. The van der Waals surface area contributed by atoms with E-state index in [1.807, 2.05) is 47.2 Å². The third-order valence-electron chi connectivity index (χ3n) is 3.38. The third-order valence-corrected chi connectivity index (χ3v) is 4.22. The third kappa shape index (κ3) is 4.51. The van der Waals surface area contributed by atoms with E-state index in [9.17, 15) is 0 Å². The molecule has 2 heterocycles. The Morgan fingerprint density at radius 2 is 2.08 bits per heavy atom. The molecule has 0 aliphatic heterocycles. The van der Waals surface area contributed by atoms with Crippen LogP contribution in [0.25, 0.3) is 12.2 Å². The fourth-order valence-corrected chi connectivity index (χ4v) is 2.81. The molecule has 2 aromatic heterocycles. The monoisotopic (exact) mass is 341 g/mol. The minimum absolute atomic E-state index is 0.649. The van der Waals surface area contributed by atoms with Gasteiger partial charge in [-0.2, -0.15) is 0 Å². The quantitative estimate of drug-likeness (QED) is 0.634. The molecule has 0 aliphatic carbocycles. The van der Waals surface area contributed by atoms with Crippen molar-refractivity contribution in [1.29, 1.82) is 0 Å². The number of tetrazole rings is 1. The average Bonchev–Trinajstić information content (AvgIpc) is 3.26. The lowest BCUT2D eigenvalue weighted by Crippen LogP contribution is -2.05. The van der Waals surface area contributed by atoms with E-state index < -0.39 is 0 Å². The summed E-state index contributed by atoms with van der Waals surface area (Å²) in [6.07, 6.45) is 6.10. The minimum Gasteiger partial charge on any atom is -0.259 e. The second-order valence-electron chi connectivity index (χ2n) is 5.21. The first-order chi connectivity index (χ1) is 11.8. The van der Waals surface area contributed by atoms with Crippen molar-refractivity contribution in [3.8, 4) is 0 Å². The number of benzene rings is 1. The standard InChI is InChI=1S/C16H19N7S/c1-2-3-11-23-15(19-21-22-23)12-24-16-17-14(18-20-16)10-9-13-7-5-4-6-8-13/h4-10H,2-3,11-12H2,1H3,(H,17,18,20)/b10-9+. The number of hydrogen-bond donors (Lipinski definition) is 1. The lowest BCUT2D eigenvalue weighted by molar-refractivity contribution is 0.540. The van der Waals surface area contributed by atoms with Crippen molar-refractivity contribution >= 4 is 23.9 Å². The number of aromatic amines is 1. The molecular weight excluding hydrogens is 322 g/mol. The second-order valence-corrected chi connectivity index (χ2v) is 6.15. The predicted molar refractivity (Wildman–Crippen MR) is 94.0 cm³/mol. The highest BCUT2D eigenvalue weighted by atomic mass is 32.2. The van der Waals surface area contributed by atoms with E-state index in [0.29, 0.717) is 10.9 Å². The van der Waals surface area contributed by atoms with Crippen molar-refractivity contribution in [2.45, 2.75) is 37.2 Å². The first kappa shape index (κ1) is 16.4. The zero-order chi connectivity index (χ0) is 16.6. The molecule has 0 unspecified atom stereocenters. The molecule has 3 aromatic rings. The summed E-state index contributed by atoms with van der Waals surface area (Å²) in [6.45, 7) is 3.00. The molecule has 124 valence electrons.